The number of rotatable bonds is 4. The second-order valence-corrected chi connectivity index (χ2v) is 4.52. The molecule has 0 saturated heterocycles. The highest BCUT2D eigenvalue weighted by atomic mass is 16.2. The molecule has 1 aromatic heterocycles. The molecule has 4 nitrogen and oxygen atoms in total. The minimum absolute atomic E-state index is 0.147. The van der Waals surface area contributed by atoms with Crippen LogP contribution in [0.25, 0.3) is 11.0 Å². The van der Waals surface area contributed by atoms with Gasteiger partial charge in [0.15, 0.2) is 0 Å². The molecule has 4 heteroatoms. The molecule has 2 rings (SSSR count). The van der Waals surface area contributed by atoms with Crippen molar-refractivity contribution < 1.29 is 5.11 Å². The predicted octanol–water partition coefficient (Wildman–Crippen LogP) is 2.10. The number of hydrogen-bond donors (Lipinski definition) is 1. The molecule has 1 N–H and O–H groups in total. The molecule has 18 heavy (non-hydrogen) atoms. The van der Waals surface area contributed by atoms with E-state index in [1.807, 2.05) is 4.57 Å². The van der Waals surface area contributed by atoms with E-state index in [-0.39, 0.29) is 6.61 Å². The molecule has 94 valence electrons. The highest BCUT2D eigenvalue weighted by molar-refractivity contribution is 5.78. The van der Waals surface area contributed by atoms with Gasteiger partial charge < -0.3 is 9.67 Å². The standard InChI is InChI=1S/C14H17N3O/c1-10-8-12-13(9-11(10)2)17(6-5-15)14(16-12)4-3-7-18/h8-9,18H,3-4,6-7H2,1-2H3. The van der Waals surface area contributed by atoms with E-state index in [1.54, 1.807) is 0 Å². The number of aryl methyl sites for hydroxylation is 3. The largest absolute Gasteiger partial charge is 0.396 e. The number of fused-ring (bicyclic) bond motifs is 1. The lowest BCUT2D eigenvalue weighted by molar-refractivity contribution is 0.287. The van der Waals surface area contributed by atoms with Gasteiger partial charge in [0, 0.05) is 13.0 Å². The van der Waals surface area contributed by atoms with Gasteiger partial charge in [-0.2, -0.15) is 5.26 Å². The van der Waals surface area contributed by atoms with Gasteiger partial charge in [0.05, 0.1) is 17.1 Å². The van der Waals surface area contributed by atoms with E-state index < -0.39 is 0 Å². The van der Waals surface area contributed by atoms with Gasteiger partial charge in [-0.15, -0.1) is 0 Å². The molecule has 0 fully saturated rings. The third kappa shape index (κ3) is 2.22. The van der Waals surface area contributed by atoms with Crippen LogP contribution in [0.3, 0.4) is 0 Å². The van der Waals surface area contributed by atoms with Crippen LogP contribution in [0.2, 0.25) is 0 Å². The van der Waals surface area contributed by atoms with Crippen LogP contribution < -0.4 is 0 Å². The van der Waals surface area contributed by atoms with Crippen LogP contribution in [-0.4, -0.2) is 21.3 Å². The van der Waals surface area contributed by atoms with Crippen molar-refractivity contribution in [3.8, 4) is 6.07 Å². The van der Waals surface area contributed by atoms with E-state index in [1.165, 1.54) is 11.1 Å². The van der Waals surface area contributed by atoms with Crippen LogP contribution in [0.4, 0.5) is 0 Å². The van der Waals surface area contributed by atoms with Gasteiger partial charge >= 0.3 is 0 Å². The van der Waals surface area contributed by atoms with E-state index in [2.05, 4.69) is 37.0 Å². The third-order valence-electron chi connectivity index (χ3n) is 3.23. The number of aliphatic hydroxyl groups is 1. The molecule has 0 spiro atoms. The first-order valence-corrected chi connectivity index (χ1v) is 6.11. The van der Waals surface area contributed by atoms with Gasteiger partial charge in [-0.3, -0.25) is 0 Å². The van der Waals surface area contributed by atoms with Crippen LogP contribution in [0.15, 0.2) is 12.1 Å². The summed E-state index contributed by atoms with van der Waals surface area (Å²) in [6.07, 6.45) is 1.37. The Bertz CT molecular complexity index is 608. The van der Waals surface area contributed by atoms with Crippen molar-refractivity contribution in [1.82, 2.24) is 9.55 Å². The van der Waals surface area contributed by atoms with Crippen molar-refractivity contribution in [3.63, 3.8) is 0 Å². The smallest absolute Gasteiger partial charge is 0.111 e. The summed E-state index contributed by atoms with van der Waals surface area (Å²) < 4.78 is 1.94. The van der Waals surface area contributed by atoms with Gasteiger partial charge in [0.1, 0.15) is 12.4 Å². The van der Waals surface area contributed by atoms with Crippen molar-refractivity contribution in [2.45, 2.75) is 33.2 Å². The molecule has 0 saturated carbocycles. The zero-order chi connectivity index (χ0) is 13.1. The lowest BCUT2D eigenvalue weighted by atomic mass is 10.1. The van der Waals surface area contributed by atoms with E-state index >= 15 is 0 Å². The predicted molar refractivity (Wildman–Crippen MR) is 70.2 cm³/mol. The average molecular weight is 243 g/mol. The summed E-state index contributed by atoms with van der Waals surface area (Å²) in [7, 11) is 0. The quantitative estimate of drug-likeness (QED) is 0.894. The van der Waals surface area contributed by atoms with Crippen molar-refractivity contribution in [2.75, 3.05) is 6.61 Å². The van der Waals surface area contributed by atoms with Crippen molar-refractivity contribution >= 4 is 11.0 Å². The first-order valence-electron chi connectivity index (χ1n) is 6.11. The monoisotopic (exact) mass is 243 g/mol. The number of aliphatic hydroxyl groups excluding tert-OH is 1. The average Bonchev–Trinajstić information content (AvgIpc) is 2.66. The highest BCUT2D eigenvalue weighted by Gasteiger charge is 2.11. The first-order chi connectivity index (χ1) is 8.67. The minimum atomic E-state index is 0.147. The van der Waals surface area contributed by atoms with E-state index in [0.29, 0.717) is 19.4 Å². The van der Waals surface area contributed by atoms with Crippen LogP contribution in [0.1, 0.15) is 23.4 Å². The number of nitrogens with zero attached hydrogens (tertiary/aromatic N) is 3. The second-order valence-electron chi connectivity index (χ2n) is 4.52. The van der Waals surface area contributed by atoms with Crippen LogP contribution in [-0.2, 0) is 13.0 Å². The summed E-state index contributed by atoms with van der Waals surface area (Å²) in [4.78, 5) is 4.57. The SMILES string of the molecule is Cc1cc2nc(CCCO)n(CC#N)c2cc1C. The Labute approximate surface area is 106 Å². The van der Waals surface area contributed by atoms with E-state index in [0.717, 1.165) is 16.9 Å². The number of aromatic nitrogens is 2. The molecule has 0 bridgehead atoms. The topological polar surface area (TPSA) is 61.8 Å². The van der Waals surface area contributed by atoms with Crippen molar-refractivity contribution in [1.29, 1.82) is 5.26 Å². The maximum atomic E-state index is 8.92. The van der Waals surface area contributed by atoms with Gasteiger partial charge in [0.2, 0.25) is 0 Å². The van der Waals surface area contributed by atoms with E-state index in [4.69, 9.17) is 10.4 Å². The molecular weight excluding hydrogens is 226 g/mol. The van der Waals surface area contributed by atoms with Crippen LogP contribution in [0.5, 0.6) is 0 Å². The highest BCUT2D eigenvalue weighted by Crippen LogP contribution is 2.21. The van der Waals surface area contributed by atoms with Gasteiger partial charge in [-0.25, -0.2) is 4.98 Å². The van der Waals surface area contributed by atoms with Crippen molar-refractivity contribution in [2.24, 2.45) is 0 Å². The summed E-state index contributed by atoms with van der Waals surface area (Å²) in [5.74, 6) is 0.880. The Kier molecular flexibility index (Phi) is 3.63. The molecule has 0 aliphatic rings. The molecule has 2 aromatic rings. The lowest BCUT2D eigenvalue weighted by Crippen LogP contribution is -2.03. The van der Waals surface area contributed by atoms with Crippen LogP contribution in [0, 0.1) is 25.2 Å². The van der Waals surface area contributed by atoms with Gasteiger partial charge in [0.25, 0.3) is 0 Å². The molecule has 0 aliphatic carbocycles. The fourth-order valence-electron chi connectivity index (χ4n) is 2.11. The normalized spacial score (nSPS) is 10.8. The van der Waals surface area contributed by atoms with E-state index in [9.17, 15) is 0 Å². The second kappa shape index (κ2) is 5.19. The van der Waals surface area contributed by atoms with Crippen molar-refractivity contribution in [3.05, 3.63) is 29.1 Å². The summed E-state index contributed by atoms with van der Waals surface area (Å²) >= 11 is 0. The third-order valence-corrected chi connectivity index (χ3v) is 3.23. The molecular formula is C14H17N3O. The first kappa shape index (κ1) is 12.6. The summed E-state index contributed by atoms with van der Waals surface area (Å²) in [6, 6.07) is 6.31. The summed E-state index contributed by atoms with van der Waals surface area (Å²) in [5.41, 5.74) is 4.35. The summed E-state index contributed by atoms with van der Waals surface area (Å²) in [5, 5.41) is 17.8. The number of hydrogen-bond acceptors (Lipinski definition) is 3. The Morgan fingerprint density at radius 1 is 1.33 bits per heavy atom. The Morgan fingerprint density at radius 2 is 2.06 bits per heavy atom. The zero-order valence-corrected chi connectivity index (χ0v) is 10.8. The Balaban J connectivity index is 2.56. The molecule has 1 aromatic carbocycles. The fourth-order valence-corrected chi connectivity index (χ4v) is 2.11. The van der Waals surface area contributed by atoms with Gasteiger partial charge in [-0.1, -0.05) is 0 Å². The molecule has 0 aliphatic heterocycles. The lowest BCUT2D eigenvalue weighted by Gasteiger charge is -2.05. The number of imidazole rings is 1. The molecule has 0 amide bonds. The maximum Gasteiger partial charge on any atom is 0.111 e. The van der Waals surface area contributed by atoms with Gasteiger partial charge in [-0.05, 0) is 43.5 Å². The molecule has 0 radical (unpaired) electrons. The molecule has 0 atom stereocenters. The fraction of sp³-hybridized carbons (Fsp3) is 0.429. The summed E-state index contributed by atoms with van der Waals surface area (Å²) in [6.45, 7) is 4.57. The number of nitriles is 1. The maximum absolute atomic E-state index is 8.92. The van der Waals surface area contributed by atoms with Crippen LogP contribution >= 0.6 is 0 Å². The Morgan fingerprint density at radius 3 is 2.72 bits per heavy atom. The zero-order valence-electron chi connectivity index (χ0n) is 10.8. The molecule has 0 unspecified atom stereocenters. The minimum Gasteiger partial charge on any atom is -0.396 e. The Hall–Kier alpha value is -1.86. The number of benzene rings is 1. The molecule has 1 heterocycles.